The van der Waals surface area contributed by atoms with E-state index >= 15 is 0 Å². The summed E-state index contributed by atoms with van der Waals surface area (Å²) in [5, 5.41) is 16.1. The number of rotatable bonds is 8. The molecule has 0 radical (unpaired) electrons. The Labute approximate surface area is 124 Å². The SMILES string of the molecule is CCNc1ccc(C(=O)NCCC(=O)NCC(C)C)nn1. The van der Waals surface area contributed by atoms with Crippen molar-refractivity contribution in [2.75, 3.05) is 25.0 Å². The topological polar surface area (TPSA) is 96.0 Å². The minimum Gasteiger partial charge on any atom is -0.369 e. The highest BCUT2D eigenvalue weighted by molar-refractivity contribution is 5.92. The van der Waals surface area contributed by atoms with E-state index in [1.165, 1.54) is 0 Å². The molecule has 1 aromatic heterocycles. The molecular weight excluding hydrogens is 270 g/mol. The van der Waals surface area contributed by atoms with Gasteiger partial charge in [0, 0.05) is 26.1 Å². The Hall–Kier alpha value is -2.18. The van der Waals surface area contributed by atoms with Crippen molar-refractivity contribution in [2.45, 2.75) is 27.2 Å². The number of aromatic nitrogens is 2. The lowest BCUT2D eigenvalue weighted by Gasteiger charge is -2.08. The molecule has 116 valence electrons. The van der Waals surface area contributed by atoms with Gasteiger partial charge in [-0.2, -0.15) is 0 Å². The van der Waals surface area contributed by atoms with Crippen molar-refractivity contribution < 1.29 is 9.59 Å². The van der Waals surface area contributed by atoms with E-state index < -0.39 is 0 Å². The molecule has 21 heavy (non-hydrogen) atoms. The van der Waals surface area contributed by atoms with E-state index in [0.717, 1.165) is 6.54 Å². The van der Waals surface area contributed by atoms with Crippen LogP contribution in [0.15, 0.2) is 12.1 Å². The van der Waals surface area contributed by atoms with Gasteiger partial charge in [0.1, 0.15) is 5.82 Å². The molecule has 0 atom stereocenters. The smallest absolute Gasteiger partial charge is 0.271 e. The van der Waals surface area contributed by atoms with E-state index in [2.05, 4.69) is 26.1 Å². The number of amides is 2. The molecule has 2 amide bonds. The van der Waals surface area contributed by atoms with Gasteiger partial charge in [-0.15, -0.1) is 10.2 Å². The normalized spacial score (nSPS) is 10.3. The molecule has 7 heteroatoms. The Morgan fingerprint density at radius 3 is 2.52 bits per heavy atom. The van der Waals surface area contributed by atoms with Gasteiger partial charge in [0.2, 0.25) is 5.91 Å². The molecule has 0 saturated heterocycles. The van der Waals surface area contributed by atoms with E-state index in [1.54, 1.807) is 12.1 Å². The fourth-order valence-electron chi connectivity index (χ4n) is 1.52. The lowest BCUT2D eigenvalue weighted by atomic mass is 10.2. The molecule has 0 aliphatic rings. The van der Waals surface area contributed by atoms with Crippen LogP contribution in [0.3, 0.4) is 0 Å². The van der Waals surface area contributed by atoms with Crippen molar-refractivity contribution in [3.63, 3.8) is 0 Å². The zero-order chi connectivity index (χ0) is 15.7. The predicted octanol–water partition coefficient (Wildman–Crippen LogP) is 0.800. The lowest BCUT2D eigenvalue weighted by Crippen LogP contribution is -2.32. The van der Waals surface area contributed by atoms with Crippen LogP contribution in [0.5, 0.6) is 0 Å². The Morgan fingerprint density at radius 1 is 1.19 bits per heavy atom. The molecule has 0 aromatic carbocycles. The minimum absolute atomic E-state index is 0.0717. The summed E-state index contributed by atoms with van der Waals surface area (Å²) in [6, 6.07) is 3.29. The predicted molar refractivity (Wildman–Crippen MR) is 81.0 cm³/mol. The Kier molecular flexibility index (Phi) is 7.14. The number of hydrogen-bond donors (Lipinski definition) is 3. The Morgan fingerprint density at radius 2 is 1.95 bits per heavy atom. The molecule has 0 bridgehead atoms. The summed E-state index contributed by atoms with van der Waals surface area (Å²) in [5.41, 5.74) is 0.235. The molecule has 0 aliphatic carbocycles. The van der Waals surface area contributed by atoms with Gasteiger partial charge in [0.05, 0.1) is 0 Å². The van der Waals surface area contributed by atoms with E-state index in [1.807, 2.05) is 20.8 Å². The van der Waals surface area contributed by atoms with Crippen molar-refractivity contribution in [1.82, 2.24) is 20.8 Å². The molecular formula is C14H23N5O2. The van der Waals surface area contributed by atoms with Crippen LogP contribution in [-0.2, 0) is 4.79 Å². The molecule has 1 rings (SSSR count). The number of nitrogens with one attached hydrogen (secondary N) is 3. The van der Waals surface area contributed by atoms with E-state index in [-0.39, 0.29) is 30.5 Å². The molecule has 0 saturated carbocycles. The monoisotopic (exact) mass is 293 g/mol. The number of anilines is 1. The van der Waals surface area contributed by atoms with Crippen LogP contribution < -0.4 is 16.0 Å². The van der Waals surface area contributed by atoms with Gasteiger partial charge in [0.25, 0.3) is 5.91 Å². The number of hydrogen-bond acceptors (Lipinski definition) is 5. The zero-order valence-electron chi connectivity index (χ0n) is 12.8. The quantitative estimate of drug-likeness (QED) is 0.659. The zero-order valence-corrected chi connectivity index (χ0v) is 12.8. The summed E-state index contributed by atoms with van der Waals surface area (Å²) >= 11 is 0. The second kappa shape index (κ2) is 8.89. The van der Waals surface area contributed by atoms with Crippen LogP contribution in [0.4, 0.5) is 5.82 Å². The first kappa shape index (κ1) is 16.9. The largest absolute Gasteiger partial charge is 0.369 e. The first-order chi connectivity index (χ1) is 10.0. The third-order valence-corrected chi connectivity index (χ3v) is 2.60. The van der Waals surface area contributed by atoms with Gasteiger partial charge in [-0.05, 0) is 25.0 Å². The molecule has 0 fully saturated rings. The van der Waals surface area contributed by atoms with Crippen LogP contribution in [0, 0.1) is 5.92 Å². The maximum atomic E-state index is 11.8. The number of carbonyl (C=O) groups is 2. The van der Waals surface area contributed by atoms with Crippen molar-refractivity contribution in [2.24, 2.45) is 5.92 Å². The highest BCUT2D eigenvalue weighted by Gasteiger charge is 2.09. The highest BCUT2D eigenvalue weighted by atomic mass is 16.2. The summed E-state index contributed by atoms with van der Waals surface area (Å²) in [6.07, 6.45) is 0.251. The molecule has 3 N–H and O–H groups in total. The Bertz CT molecular complexity index is 459. The first-order valence-corrected chi connectivity index (χ1v) is 7.15. The molecule has 0 aliphatic heterocycles. The lowest BCUT2D eigenvalue weighted by molar-refractivity contribution is -0.121. The average molecular weight is 293 g/mol. The third-order valence-electron chi connectivity index (χ3n) is 2.60. The van der Waals surface area contributed by atoms with Crippen molar-refractivity contribution in [3.05, 3.63) is 17.8 Å². The molecule has 7 nitrogen and oxygen atoms in total. The van der Waals surface area contributed by atoms with Gasteiger partial charge in [-0.3, -0.25) is 9.59 Å². The third kappa shape index (κ3) is 6.69. The maximum absolute atomic E-state index is 11.8. The molecule has 0 spiro atoms. The summed E-state index contributed by atoms with van der Waals surface area (Å²) in [4.78, 5) is 23.3. The summed E-state index contributed by atoms with van der Waals surface area (Å²) in [6.45, 7) is 7.66. The van der Waals surface area contributed by atoms with Crippen LogP contribution in [0.2, 0.25) is 0 Å². The van der Waals surface area contributed by atoms with Crippen LogP contribution in [-0.4, -0.2) is 41.6 Å². The van der Waals surface area contributed by atoms with Gasteiger partial charge < -0.3 is 16.0 Å². The van der Waals surface area contributed by atoms with Crippen LogP contribution >= 0.6 is 0 Å². The maximum Gasteiger partial charge on any atom is 0.271 e. The van der Waals surface area contributed by atoms with Gasteiger partial charge in [-0.1, -0.05) is 13.8 Å². The van der Waals surface area contributed by atoms with E-state index in [4.69, 9.17) is 0 Å². The van der Waals surface area contributed by atoms with E-state index in [9.17, 15) is 9.59 Å². The second-order valence-electron chi connectivity index (χ2n) is 5.04. The van der Waals surface area contributed by atoms with Crippen molar-refractivity contribution in [3.8, 4) is 0 Å². The van der Waals surface area contributed by atoms with Crippen molar-refractivity contribution >= 4 is 17.6 Å². The molecule has 1 heterocycles. The number of carbonyl (C=O) groups excluding carboxylic acids is 2. The van der Waals surface area contributed by atoms with Crippen molar-refractivity contribution in [1.29, 1.82) is 0 Å². The van der Waals surface area contributed by atoms with Crippen LogP contribution in [0.25, 0.3) is 0 Å². The molecule has 1 aromatic rings. The average Bonchev–Trinajstić information content (AvgIpc) is 2.46. The first-order valence-electron chi connectivity index (χ1n) is 7.15. The van der Waals surface area contributed by atoms with E-state index in [0.29, 0.717) is 18.3 Å². The van der Waals surface area contributed by atoms with Gasteiger partial charge >= 0.3 is 0 Å². The standard InChI is InChI=1S/C14H23N5O2/c1-4-15-12-6-5-11(18-19-12)14(21)16-8-7-13(20)17-9-10(2)3/h5-6,10H,4,7-9H2,1-3H3,(H,15,19)(H,16,21)(H,17,20). The number of nitrogens with zero attached hydrogens (tertiary/aromatic N) is 2. The fourth-order valence-corrected chi connectivity index (χ4v) is 1.52. The summed E-state index contributed by atoms with van der Waals surface area (Å²) in [7, 11) is 0. The van der Waals surface area contributed by atoms with Gasteiger partial charge in [0.15, 0.2) is 5.69 Å². The second-order valence-corrected chi connectivity index (χ2v) is 5.04. The van der Waals surface area contributed by atoms with Crippen LogP contribution in [0.1, 0.15) is 37.7 Å². The minimum atomic E-state index is -0.331. The fraction of sp³-hybridized carbons (Fsp3) is 0.571. The summed E-state index contributed by atoms with van der Waals surface area (Å²) < 4.78 is 0. The van der Waals surface area contributed by atoms with Gasteiger partial charge in [-0.25, -0.2) is 0 Å². The summed E-state index contributed by atoms with van der Waals surface area (Å²) in [5.74, 6) is 0.635. The highest BCUT2D eigenvalue weighted by Crippen LogP contribution is 2.01. The Balaban J connectivity index is 2.31. The molecule has 0 unspecified atom stereocenters.